The average Bonchev–Trinajstić information content (AvgIpc) is 3.67. The number of amides is 2. The molecule has 2 amide bonds. The molecule has 1 saturated heterocycles. The lowest BCUT2D eigenvalue weighted by atomic mass is 9.86. The van der Waals surface area contributed by atoms with Crippen molar-refractivity contribution in [3.05, 3.63) is 59.9 Å². The van der Waals surface area contributed by atoms with E-state index in [2.05, 4.69) is 15.6 Å². The second-order valence-corrected chi connectivity index (χ2v) is 9.87. The smallest absolute Gasteiger partial charge is 0.232 e. The zero-order valence-electron chi connectivity index (χ0n) is 20.3. The number of hydrogen-bond donors (Lipinski definition) is 3. The number of hydrogen-bond acceptors (Lipinski definition) is 5. The van der Waals surface area contributed by atoms with E-state index in [1.165, 1.54) is 0 Å². The van der Waals surface area contributed by atoms with Gasteiger partial charge in [0.1, 0.15) is 5.75 Å². The molecule has 1 unspecified atom stereocenters. The zero-order chi connectivity index (χ0) is 24.6. The number of carbonyl (C=O) groups excluding carboxylic acids is 2. The van der Waals surface area contributed by atoms with Gasteiger partial charge >= 0.3 is 0 Å². The summed E-state index contributed by atoms with van der Waals surface area (Å²) in [7, 11) is 0. The molecule has 1 aromatic carbocycles. The first-order valence-electron chi connectivity index (χ1n) is 12.6. The highest BCUT2D eigenvalue weighted by molar-refractivity contribution is 6.00. The van der Waals surface area contributed by atoms with Crippen molar-refractivity contribution in [3.63, 3.8) is 0 Å². The van der Waals surface area contributed by atoms with Crippen molar-refractivity contribution in [2.45, 2.75) is 63.6 Å². The molecular formula is C27H33N5O3. The summed E-state index contributed by atoms with van der Waals surface area (Å²) in [6, 6.07) is 11.1. The van der Waals surface area contributed by atoms with Crippen molar-refractivity contribution in [2.75, 3.05) is 6.61 Å². The Morgan fingerprint density at radius 1 is 1.29 bits per heavy atom. The minimum atomic E-state index is -0.402. The van der Waals surface area contributed by atoms with Crippen LogP contribution < -0.4 is 15.4 Å². The monoisotopic (exact) mass is 475 g/mol. The molecule has 2 aliphatic heterocycles. The first-order valence-corrected chi connectivity index (χ1v) is 12.6. The van der Waals surface area contributed by atoms with Crippen molar-refractivity contribution in [2.24, 2.45) is 11.8 Å². The van der Waals surface area contributed by atoms with Gasteiger partial charge in [-0.25, -0.2) is 0 Å². The molecule has 4 atom stereocenters. The normalized spacial score (nSPS) is 25.7. The molecule has 5 rings (SSSR count). The first kappa shape index (κ1) is 23.3. The van der Waals surface area contributed by atoms with E-state index in [-0.39, 0.29) is 41.2 Å². The summed E-state index contributed by atoms with van der Waals surface area (Å²) in [5.74, 6) is 0.555. The second kappa shape index (κ2) is 9.32. The standard InChI is InChI=1S/C27H33N5O3/c1-3-27(4-2)15-23(33)32(26(28)31-27)24(17-8-7-12-29-16-17)19-14-20(19)25(34)30-21-11-13-35-22-10-6-5-9-18(21)22/h5-10,12,16,19-21,24H,3-4,11,13-15H2,1-2H3,(H2,28,31)(H,30,34)/t19-,20-,21+,24?/m1/s1. The van der Waals surface area contributed by atoms with Crippen LogP contribution in [0.25, 0.3) is 0 Å². The number of fused-ring (bicyclic) bond motifs is 1. The molecule has 1 aliphatic carbocycles. The van der Waals surface area contributed by atoms with Crippen LogP contribution >= 0.6 is 0 Å². The van der Waals surface area contributed by atoms with Crippen LogP contribution in [0.5, 0.6) is 5.75 Å². The fourth-order valence-electron chi connectivity index (χ4n) is 5.60. The van der Waals surface area contributed by atoms with E-state index >= 15 is 0 Å². The van der Waals surface area contributed by atoms with Gasteiger partial charge in [0.25, 0.3) is 0 Å². The Balaban J connectivity index is 1.36. The largest absolute Gasteiger partial charge is 0.493 e. The second-order valence-electron chi connectivity index (χ2n) is 9.87. The van der Waals surface area contributed by atoms with E-state index in [9.17, 15) is 9.59 Å². The van der Waals surface area contributed by atoms with E-state index in [1.807, 2.05) is 50.2 Å². The maximum atomic E-state index is 13.4. The third-order valence-electron chi connectivity index (χ3n) is 7.90. The predicted molar refractivity (Wildman–Crippen MR) is 132 cm³/mol. The number of para-hydroxylation sites is 1. The molecule has 1 aromatic heterocycles. The first-order chi connectivity index (χ1) is 17.0. The van der Waals surface area contributed by atoms with Crippen LogP contribution in [0.1, 0.15) is 69.2 Å². The van der Waals surface area contributed by atoms with Crippen molar-refractivity contribution in [1.29, 1.82) is 5.41 Å². The van der Waals surface area contributed by atoms with Gasteiger partial charge in [-0.3, -0.25) is 24.9 Å². The van der Waals surface area contributed by atoms with Crippen LogP contribution in [-0.2, 0) is 9.59 Å². The number of nitrogens with zero attached hydrogens (tertiary/aromatic N) is 2. The maximum Gasteiger partial charge on any atom is 0.232 e. The lowest BCUT2D eigenvalue weighted by Gasteiger charge is -2.45. The molecule has 2 fully saturated rings. The number of carbonyl (C=O) groups is 2. The molecule has 184 valence electrons. The summed E-state index contributed by atoms with van der Waals surface area (Å²) in [6.45, 7) is 4.65. The van der Waals surface area contributed by atoms with Crippen LogP contribution in [0.3, 0.4) is 0 Å². The van der Waals surface area contributed by atoms with E-state index in [0.29, 0.717) is 19.4 Å². The number of rotatable bonds is 7. The van der Waals surface area contributed by atoms with E-state index in [0.717, 1.165) is 36.1 Å². The lowest BCUT2D eigenvalue weighted by Crippen LogP contribution is -2.62. The number of aromatic nitrogens is 1. The molecule has 3 heterocycles. The number of pyridine rings is 1. The van der Waals surface area contributed by atoms with Crippen molar-refractivity contribution < 1.29 is 14.3 Å². The lowest BCUT2D eigenvalue weighted by molar-refractivity contribution is -0.134. The maximum absolute atomic E-state index is 13.4. The highest BCUT2D eigenvalue weighted by atomic mass is 16.5. The number of benzene rings is 1. The molecule has 8 nitrogen and oxygen atoms in total. The Kier molecular flexibility index (Phi) is 6.21. The molecule has 35 heavy (non-hydrogen) atoms. The minimum Gasteiger partial charge on any atom is -0.493 e. The Bertz CT molecular complexity index is 1100. The molecule has 2 aromatic rings. The van der Waals surface area contributed by atoms with E-state index < -0.39 is 6.04 Å². The Morgan fingerprint density at radius 2 is 2.09 bits per heavy atom. The quantitative estimate of drug-likeness (QED) is 0.566. The van der Waals surface area contributed by atoms with E-state index in [1.54, 1.807) is 17.3 Å². The van der Waals surface area contributed by atoms with Gasteiger partial charge in [0, 0.05) is 35.8 Å². The fourth-order valence-corrected chi connectivity index (χ4v) is 5.60. The van der Waals surface area contributed by atoms with Crippen molar-refractivity contribution >= 4 is 17.8 Å². The zero-order valence-corrected chi connectivity index (χ0v) is 20.3. The number of nitrogens with one attached hydrogen (secondary N) is 3. The summed E-state index contributed by atoms with van der Waals surface area (Å²) >= 11 is 0. The Morgan fingerprint density at radius 3 is 2.80 bits per heavy atom. The average molecular weight is 476 g/mol. The van der Waals surface area contributed by atoms with Gasteiger partial charge in [0.15, 0.2) is 5.96 Å². The van der Waals surface area contributed by atoms with Crippen LogP contribution in [0, 0.1) is 17.2 Å². The van der Waals surface area contributed by atoms with Gasteiger partial charge in [0.05, 0.1) is 25.1 Å². The fraction of sp³-hybridized carbons (Fsp3) is 0.481. The molecule has 0 radical (unpaired) electrons. The van der Waals surface area contributed by atoms with Crippen molar-refractivity contribution in [3.8, 4) is 5.75 Å². The molecule has 8 heteroatoms. The van der Waals surface area contributed by atoms with Gasteiger partial charge < -0.3 is 15.4 Å². The molecular weight excluding hydrogens is 442 g/mol. The van der Waals surface area contributed by atoms with Crippen LogP contribution in [-0.4, -0.2) is 39.8 Å². The van der Waals surface area contributed by atoms with Gasteiger partial charge in [-0.1, -0.05) is 38.1 Å². The van der Waals surface area contributed by atoms with Gasteiger partial charge in [-0.05, 0) is 42.9 Å². The number of guanidine groups is 1. The SMILES string of the molecule is CCC1(CC)CC(=O)N(C(c2cccnc2)[C@@H]2C[C@H]2C(=O)N[C@H]2CCOc3ccccc32)C(=N)N1. The minimum absolute atomic E-state index is 0.00833. The predicted octanol–water partition coefficient (Wildman–Crippen LogP) is 3.71. The topological polar surface area (TPSA) is 107 Å². The molecule has 1 saturated carbocycles. The van der Waals surface area contributed by atoms with Gasteiger partial charge in [-0.15, -0.1) is 0 Å². The van der Waals surface area contributed by atoms with Crippen LogP contribution in [0.2, 0.25) is 0 Å². The third-order valence-corrected chi connectivity index (χ3v) is 7.90. The van der Waals surface area contributed by atoms with Gasteiger partial charge in [-0.2, -0.15) is 0 Å². The van der Waals surface area contributed by atoms with Crippen molar-refractivity contribution in [1.82, 2.24) is 20.5 Å². The highest BCUT2D eigenvalue weighted by Crippen LogP contribution is 2.51. The number of ether oxygens (including phenoxy) is 1. The van der Waals surface area contributed by atoms with Gasteiger partial charge in [0.2, 0.25) is 11.8 Å². The van der Waals surface area contributed by atoms with E-state index in [4.69, 9.17) is 10.1 Å². The Hall–Kier alpha value is -3.42. The third kappa shape index (κ3) is 4.37. The summed E-state index contributed by atoms with van der Waals surface area (Å²) in [4.78, 5) is 32.6. The molecule has 0 bridgehead atoms. The summed E-state index contributed by atoms with van der Waals surface area (Å²) in [5.41, 5.74) is 1.46. The summed E-state index contributed by atoms with van der Waals surface area (Å²) in [6.07, 6.45) is 6.70. The highest BCUT2D eigenvalue weighted by Gasteiger charge is 2.54. The van der Waals surface area contributed by atoms with Crippen LogP contribution in [0.4, 0.5) is 0 Å². The molecule has 3 aliphatic rings. The Labute approximate surface area is 206 Å². The molecule has 0 spiro atoms. The summed E-state index contributed by atoms with van der Waals surface area (Å²) < 4.78 is 5.73. The van der Waals surface area contributed by atoms with Crippen LogP contribution in [0.15, 0.2) is 48.8 Å². The molecule has 3 N–H and O–H groups in total. The summed E-state index contributed by atoms with van der Waals surface area (Å²) in [5, 5.41) is 15.3.